The fourth-order valence-electron chi connectivity index (χ4n) is 3.25. The lowest BCUT2D eigenvalue weighted by molar-refractivity contribution is -0.135. The minimum absolute atomic E-state index is 0.281. The van der Waals surface area contributed by atoms with Crippen LogP contribution in [0.1, 0.15) is 25.0 Å². The Labute approximate surface area is 159 Å². The summed E-state index contributed by atoms with van der Waals surface area (Å²) in [6, 6.07) is 12.1. The van der Waals surface area contributed by atoms with Crippen molar-refractivity contribution >= 4 is 15.9 Å². The molecule has 27 heavy (non-hydrogen) atoms. The third-order valence-corrected chi connectivity index (χ3v) is 6.26. The first-order valence-electron chi connectivity index (χ1n) is 8.92. The maximum absolute atomic E-state index is 13.9. The number of nitrogens with one attached hydrogen (secondary N) is 1. The van der Waals surface area contributed by atoms with Gasteiger partial charge in [0.1, 0.15) is 16.8 Å². The van der Waals surface area contributed by atoms with Gasteiger partial charge in [-0.3, -0.25) is 4.79 Å². The fraction of sp³-hybridized carbons (Fsp3) is 0.350. The summed E-state index contributed by atoms with van der Waals surface area (Å²) in [6.45, 7) is 4.51. The molecule has 1 N–H and O–H groups in total. The number of carbonyl (C=O) groups excluding carboxylic acids is 1. The fourth-order valence-corrected chi connectivity index (χ4v) is 4.66. The maximum atomic E-state index is 13.9. The van der Waals surface area contributed by atoms with Crippen LogP contribution in [0, 0.1) is 11.7 Å². The monoisotopic (exact) mass is 390 g/mol. The van der Waals surface area contributed by atoms with Gasteiger partial charge in [-0.05, 0) is 35.6 Å². The first-order valence-corrected chi connectivity index (χ1v) is 10.4. The highest BCUT2D eigenvalue weighted by atomic mass is 32.2. The van der Waals surface area contributed by atoms with E-state index in [4.69, 9.17) is 0 Å². The van der Waals surface area contributed by atoms with Crippen molar-refractivity contribution in [1.29, 1.82) is 0 Å². The minimum Gasteiger partial charge on any atom is -0.337 e. The Morgan fingerprint density at radius 2 is 1.70 bits per heavy atom. The number of halogens is 1. The van der Waals surface area contributed by atoms with Crippen LogP contribution in [0.3, 0.4) is 0 Å². The standard InChI is InChI=1S/C20H23FN2O3S/c1-14(2)19(22-27(25,26)18-10-6-5-9-17(18)21)20(24)23-12-11-15-7-3-4-8-16(15)13-23/h3-10,14,19,22H,11-13H2,1-2H3/t19-/m0/s1. The molecule has 1 heterocycles. The predicted molar refractivity (Wildman–Crippen MR) is 101 cm³/mol. The van der Waals surface area contributed by atoms with Crippen LogP contribution in [0.4, 0.5) is 4.39 Å². The van der Waals surface area contributed by atoms with Crippen LogP contribution in [0.2, 0.25) is 0 Å². The average molecular weight is 390 g/mol. The molecule has 0 saturated heterocycles. The van der Waals surface area contributed by atoms with Crippen LogP contribution in [-0.4, -0.2) is 31.8 Å². The van der Waals surface area contributed by atoms with Gasteiger partial charge >= 0.3 is 0 Å². The molecule has 1 aliphatic rings. The van der Waals surface area contributed by atoms with Gasteiger partial charge in [-0.25, -0.2) is 12.8 Å². The van der Waals surface area contributed by atoms with E-state index in [1.807, 2.05) is 24.3 Å². The summed E-state index contributed by atoms with van der Waals surface area (Å²) < 4.78 is 41.6. The van der Waals surface area contributed by atoms with E-state index in [2.05, 4.69) is 4.72 Å². The zero-order chi connectivity index (χ0) is 19.6. The van der Waals surface area contributed by atoms with Crippen LogP contribution < -0.4 is 4.72 Å². The van der Waals surface area contributed by atoms with Crippen molar-refractivity contribution in [1.82, 2.24) is 9.62 Å². The Bertz CT molecular complexity index is 944. The Morgan fingerprint density at radius 3 is 2.37 bits per heavy atom. The van der Waals surface area contributed by atoms with Gasteiger partial charge in [0.15, 0.2) is 0 Å². The highest BCUT2D eigenvalue weighted by molar-refractivity contribution is 7.89. The molecule has 0 unspecified atom stereocenters. The molecule has 0 aromatic heterocycles. The summed E-state index contributed by atoms with van der Waals surface area (Å²) in [4.78, 5) is 14.3. The second-order valence-corrected chi connectivity index (χ2v) is 8.73. The molecule has 0 radical (unpaired) electrons. The van der Waals surface area contributed by atoms with E-state index in [-0.39, 0.29) is 11.8 Å². The molecule has 5 nitrogen and oxygen atoms in total. The molecular weight excluding hydrogens is 367 g/mol. The van der Waals surface area contributed by atoms with E-state index in [0.29, 0.717) is 13.1 Å². The second kappa shape index (κ2) is 7.78. The highest BCUT2D eigenvalue weighted by Crippen LogP contribution is 2.21. The van der Waals surface area contributed by atoms with Crippen molar-refractivity contribution in [2.75, 3.05) is 6.54 Å². The zero-order valence-electron chi connectivity index (χ0n) is 15.4. The zero-order valence-corrected chi connectivity index (χ0v) is 16.2. The molecule has 0 spiro atoms. The quantitative estimate of drug-likeness (QED) is 0.854. The Morgan fingerprint density at radius 1 is 1.07 bits per heavy atom. The summed E-state index contributed by atoms with van der Waals surface area (Å²) in [6.07, 6.45) is 0.729. The number of sulfonamides is 1. The first kappa shape index (κ1) is 19.5. The number of rotatable bonds is 5. The van der Waals surface area contributed by atoms with Crippen molar-refractivity contribution in [3.63, 3.8) is 0 Å². The lowest BCUT2D eigenvalue weighted by Crippen LogP contribution is -2.52. The highest BCUT2D eigenvalue weighted by Gasteiger charge is 2.33. The molecule has 0 saturated carbocycles. The van der Waals surface area contributed by atoms with Crippen molar-refractivity contribution in [2.45, 2.75) is 37.8 Å². The third kappa shape index (κ3) is 4.20. The van der Waals surface area contributed by atoms with E-state index in [1.165, 1.54) is 23.8 Å². The Balaban J connectivity index is 1.82. The Hall–Kier alpha value is -2.25. The molecule has 1 amide bonds. The van der Waals surface area contributed by atoms with Gasteiger partial charge in [0.2, 0.25) is 15.9 Å². The molecule has 0 bridgehead atoms. The van der Waals surface area contributed by atoms with Crippen LogP contribution in [0.15, 0.2) is 53.4 Å². The van der Waals surface area contributed by atoms with Crippen molar-refractivity contribution in [3.05, 3.63) is 65.5 Å². The van der Waals surface area contributed by atoms with E-state index in [0.717, 1.165) is 18.1 Å². The topological polar surface area (TPSA) is 66.5 Å². The largest absolute Gasteiger partial charge is 0.337 e. The molecule has 3 rings (SSSR count). The van der Waals surface area contributed by atoms with E-state index >= 15 is 0 Å². The molecular formula is C20H23FN2O3S. The SMILES string of the molecule is CC(C)[C@H](NS(=O)(=O)c1ccccc1F)C(=O)N1CCc2ccccc2C1. The Kier molecular flexibility index (Phi) is 5.62. The van der Waals surface area contributed by atoms with Gasteiger partial charge < -0.3 is 4.90 Å². The molecule has 144 valence electrons. The van der Waals surface area contributed by atoms with E-state index in [9.17, 15) is 17.6 Å². The van der Waals surface area contributed by atoms with Crippen LogP contribution in [0.5, 0.6) is 0 Å². The molecule has 0 fully saturated rings. The lowest BCUT2D eigenvalue weighted by atomic mass is 9.97. The van der Waals surface area contributed by atoms with Crippen molar-refractivity contribution in [2.24, 2.45) is 5.92 Å². The molecule has 1 aliphatic heterocycles. The molecule has 0 aliphatic carbocycles. The normalized spacial score (nSPS) is 15.5. The smallest absolute Gasteiger partial charge is 0.244 e. The number of amides is 1. The molecule has 7 heteroatoms. The number of hydrogen-bond acceptors (Lipinski definition) is 3. The third-order valence-electron chi connectivity index (χ3n) is 4.78. The van der Waals surface area contributed by atoms with Gasteiger partial charge in [-0.1, -0.05) is 50.2 Å². The molecule has 1 atom stereocenters. The number of hydrogen-bond donors (Lipinski definition) is 1. The van der Waals surface area contributed by atoms with Crippen LogP contribution in [0.25, 0.3) is 0 Å². The van der Waals surface area contributed by atoms with E-state index < -0.39 is 26.8 Å². The van der Waals surface area contributed by atoms with Crippen LogP contribution in [-0.2, 0) is 27.8 Å². The lowest BCUT2D eigenvalue weighted by Gasteiger charge is -2.33. The molecule has 2 aromatic carbocycles. The number of benzene rings is 2. The van der Waals surface area contributed by atoms with E-state index in [1.54, 1.807) is 18.7 Å². The van der Waals surface area contributed by atoms with Crippen molar-refractivity contribution < 1.29 is 17.6 Å². The summed E-state index contributed by atoms with van der Waals surface area (Å²) in [5, 5.41) is 0. The number of fused-ring (bicyclic) bond motifs is 1. The summed E-state index contributed by atoms with van der Waals surface area (Å²) in [7, 11) is -4.15. The van der Waals surface area contributed by atoms with Gasteiger partial charge in [0.05, 0.1) is 0 Å². The van der Waals surface area contributed by atoms with Crippen molar-refractivity contribution in [3.8, 4) is 0 Å². The van der Waals surface area contributed by atoms with Gasteiger partial charge in [-0.2, -0.15) is 4.72 Å². The minimum atomic E-state index is -4.15. The van der Waals surface area contributed by atoms with Gasteiger partial charge in [0.25, 0.3) is 0 Å². The predicted octanol–water partition coefficient (Wildman–Crippen LogP) is 2.71. The summed E-state index contributed by atoms with van der Waals surface area (Å²) in [5.74, 6) is -1.41. The number of carbonyl (C=O) groups is 1. The summed E-state index contributed by atoms with van der Waals surface area (Å²) >= 11 is 0. The van der Waals surface area contributed by atoms with Crippen LogP contribution >= 0.6 is 0 Å². The second-order valence-electron chi connectivity index (χ2n) is 7.05. The average Bonchev–Trinajstić information content (AvgIpc) is 2.65. The van der Waals surface area contributed by atoms with Gasteiger partial charge in [-0.15, -0.1) is 0 Å². The maximum Gasteiger partial charge on any atom is 0.244 e. The number of nitrogens with zero attached hydrogens (tertiary/aromatic N) is 1. The molecule has 2 aromatic rings. The van der Waals surface area contributed by atoms with Gasteiger partial charge in [0, 0.05) is 13.1 Å². The first-order chi connectivity index (χ1) is 12.8. The summed E-state index contributed by atoms with van der Waals surface area (Å²) in [5.41, 5.74) is 2.27.